The van der Waals surface area contributed by atoms with Gasteiger partial charge in [-0.1, -0.05) is 174 Å². The number of halogens is 1. The summed E-state index contributed by atoms with van der Waals surface area (Å²) in [6, 6.07) is 83.7. The maximum atomic E-state index is 13.1. The summed E-state index contributed by atoms with van der Waals surface area (Å²) in [6.07, 6.45) is 11.0. The molecule has 7 aromatic carbocycles. The molecule has 0 atom stereocenters. The highest BCUT2D eigenvalue weighted by molar-refractivity contribution is 6.76. The number of benzene rings is 7. The average molecular weight is 2050 g/mol. The van der Waals surface area contributed by atoms with E-state index in [9.17, 15) is 14.4 Å². The number of hydrogen-bond donors (Lipinski definition) is 2. The monoisotopic (exact) mass is 2050 g/mol. The van der Waals surface area contributed by atoms with Crippen LogP contribution in [0.5, 0.6) is 34.9 Å². The molecule has 9 aromatic heterocycles. The SMILES string of the molecule is C[Si](C)(C)CCOCn1nccc1-c1ccc(Oc2ccc3nc(C=O)ccc3c2)nc1.C[Si](C)(C)CCOCn1nccc1-c1ccc(Oc2ccc3nc(CN4CCN(C(=O)OCC5c6ccccc6-c6ccccc65)CC4)ccc3c2)nc1.C[Si](C)(C)CCOCn1nccc1-c1ccc(Oc2ccc3nc(CN4CCNCC4)ccc3c2)nc1.Cl.O=C(OCC1c2ccccc2-c2ccccc21)N1CCNCC1.[2HH]. The normalized spacial score (nSPS) is 14.2. The summed E-state index contributed by atoms with van der Waals surface area (Å²) in [5.41, 5.74) is 20.8. The van der Waals surface area contributed by atoms with Gasteiger partial charge in [-0.2, -0.15) is 15.3 Å². The van der Waals surface area contributed by atoms with Crippen LogP contribution >= 0.6 is 12.4 Å². The van der Waals surface area contributed by atoms with E-state index in [4.69, 9.17) is 47.9 Å². The first kappa shape index (κ1) is 104. The van der Waals surface area contributed by atoms with Crippen molar-refractivity contribution in [3.8, 4) is 90.9 Å². The van der Waals surface area contributed by atoms with Gasteiger partial charge in [0.05, 0.1) is 45.0 Å². The lowest BCUT2D eigenvalue weighted by Gasteiger charge is -2.34. The molecule has 0 radical (unpaired) electrons. The lowest BCUT2D eigenvalue weighted by Crippen LogP contribution is -2.48. The van der Waals surface area contributed by atoms with Crippen molar-refractivity contribution in [2.45, 2.75) is 122 Å². The summed E-state index contributed by atoms with van der Waals surface area (Å²) < 4.78 is 52.8. The molecule has 33 heteroatoms. The Bertz CT molecular complexity index is 7040. The number of ether oxygens (including phenoxy) is 8. The molecule has 16 aromatic rings. The molecular weight excluding hydrogens is 1920 g/mol. The first-order valence-corrected chi connectivity index (χ1v) is 61.5. The Morgan fingerprint density at radius 1 is 0.374 bits per heavy atom. The van der Waals surface area contributed by atoms with Crippen molar-refractivity contribution in [1.82, 2.24) is 89.5 Å². The maximum absolute atomic E-state index is 13.1. The van der Waals surface area contributed by atoms with Crippen LogP contribution in [0.15, 0.2) is 280 Å². The summed E-state index contributed by atoms with van der Waals surface area (Å²) in [5, 5.41) is 22.8. The van der Waals surface area contributed by atoms with Crippen LogP contribution in [0.4, 0.5) is 9.59 Å². The Morgan fingerprint density at radius 2 is 0.707 bits per heavy atom. The largest absolute Gasteiger partial charge is 0.448 e. The van der Waals surface area contributed by atoms with E-state index in [2.05, 4.69) is 236 Å². The van der Waals surface area contributed by atoms with Crippen LogP contribution in [0.2, 0.25) is 77.1 Å². The number of rotatable bonds is 33. The van der Waals surface area contributed by atoms with Gasteiger partial charge in [-0.25, -0.2) is 43.6 Å². The Hall–Kier alpha value is -13.9. The van der Waals surface area contributed by atoms with E-state index in [1.54, 1.807) is 42.0 Å². The number of nitrogens with one attached hydrogen (secondary N) is 2. The third-order valence-electron chi connectivity index (χ3n) is 26.4. The third-order valence-corrected chi connectivity index (χ3v) is 31.6. The van der Waals surface area contributed by atoms with Gasteiger partial charge in [0.25, 0.3) is 0 Å². The van der Waals surface area contributed by atoms with E-state index in [1.807, 2.05) is 140 Å². The standard InChI is InChI=1S/C43H46N6O4Si.C28H36N6O2Si.C24H26N4O3Si.C19H20N2O2.ClH.H2/c1-54(2,3)25-24-51-30-49-41(18-19-45-49)32-13-17-42(44-27-32)53-34-15-16-40-31(26-34)12-14-33(46-40)28-47-20-22-48(23-21-47)43(50)52-29-39-37-10-6-4-8-35(37)36-9-5-7-11-38(36)39;1-37(2,3)17-16-35-21-34-27(10-11-31-34)23-5-9-28(30-19-23)36-25-7-8-26-22(18-25)4-6-24(32-26)20-33-14-12-29-13-15-33;1-32(2,3)13-12-30-17-28-23(10-11-26-28)19-5-9-24(25-15-19)31-21-7-8-22-18(14-21)4-6-20(16-29)27-22;22-19(21-11-9-20-10-12-21)23-13-18-16-7-3-1-5-14(16)15-6-2-4-8-17(15)18;;/h4-19,26-27,39H,20-25,28-30H2,1-3H3;4-11,18-19,29H,12-17,20-21H2,1-3H3;4-11,14-16H,12-13,17H2,1-3H3;1-8,18,20H,9-13H2;2*1H/i;;;;;1+1. The molecule has 3 saturated heterocycles. The fraction of sp³-hybridized carbons (Fsp3) is 0.316. The number of hydrogen-bond acceptors (Lipinski definition) is 24. The van der Waals surface area contributed by atoms with Crippen molar-refractivity contribution in [2.75, 3.05) is 112 Å². The van der Waals surface area contributed by atoms with Crippen molar-refractivity contribution < 1.29 is 53.7 Å². The van der Waals surface area contributed by atoms with Gasteiger partial charge in [0, 0.05) is 237 Å². The highest BCUT2D eigenvalue weighted by atomic mass is 35.5. The van der Waals surface area contributed by atoms with Gasteiger partial charge < -0.3 is 58.3 Å². The second kappa shape index (κ2) is 49.1. The number of aromatic nitrogens is 12. The van der Waals surface area contributed by atoms with E-state index >= 15 is 0 Å². The van der Waals surface area contributed by atoms with E-state index in [1.165, 1.54) is 44.5 Å². The van der Waals surface area contributed by atoms with Crippen molar-refractivity contribution in [1.29, 1.82) is 0 Å². The van der Waals surface area contributed by atoms with Crippen LogP contribution in [0.3, 0.4) is 0 Å². The van der Waals surface area contributed by atoms with Crippen molar-refractivity contribution >= 4 is 87.8 Å². The second-order valence-electron chi connectivity index (χ2n) is 40.8. The van der Waals surface area contributed by atoms with Crippen LogP contribution in [-0.2, 0) is 57.0 Å². The van der Waals surface area contributed by atoms with Gasteiger partial charge >= 0.3 is 12.2 Å². The molecule has 2 N–H and O–H groups in total. The molecule has 0 bridgehead atoms. The molecule has 2 amide bonds. The molecule has 0 saturated carbocycles. The summed E-state index contributed by atoms with van der Waals surface area (Å²) >= 11 is 0. The van der Waals surface area contributed by atoms with Crippen LogP contribution in [0.25, 0.3) is 88.7 Å². The lowest BCUT2D eigenvalue weighted by atomic mass is 9.98. The van der Waals surface area contributed by atoms with Gasteiger partial charge in [0.1, 0.15) is 56.3 Å². The number of aldehydes is 1. The Kier molecular flexibility index (Phi) is 34.9. The fourth-order valence-corrected chi connectivity index (χ4v) is 20.5. The maximum Gasteiger partial charge on any atom is 0.409 e. The van der Waals surface area contributed by atoms with Gasteiger partial charge in [0.15, 0.2) is 6.29 Å². The smallest absolute Gasteiger partial charge is 0.409 e. The first-order chi connectivity index (χ1) is 70.9. The first-order valence-electron chi connectivity index (χ1n) is 50.4. The molecule has 0 spiro atoms. The summed E-state index contributed by atoms with van der Waals surface area (Å²) in [7, 11) is -3.36. The summed E-state index contributed by atoms with van der Waals surface area (Å²) in [6.45, 7) is 37.1. The Labute approximate surface area is 869 Å². The van der Waals surface area contributed by atoms with E-state index in [0.29, 0.717) is 87.9 Å². The predicted octanol–water partition coefficient (Wildman–Crippen LogP) is 22.6. The summed E-state index contributed by atoms with van der Waals surface area (Å²) in [5.74, 6) is 3.83. The molecule has 3 aliphatic heterocycles. The van der Waals surface area contributed by atoms with Crippen molar-refractivity contribution in [3.05, 3.63) is 319 Å². The highest BCUT2D eigenvalue weighted by Crippen LogP contribution is 2.47. The minimum Gasteiger partial charge on any atom is -0.448 e. The second-order valence-corrected chi connectivity index (χ2v) is 57.7. The molecule has 21 rings (SSSR count). The van der Waals surface area contributed by atoms with E-state index < -0.39 is 24.2 Å². The molecular formula is C114H131ClN18O11Si3. The number of fused-ring (bicyclic) bond motifs is 9. The predicted molar refractivity (Wildman–Crippen MR) is 588 cm³/mol. The zero-order chi connectivity index (χ0) is 101. The number of piperazine rings is 3. The van der Waals surface area contributed by atoms with E-state index in [-0.39, 0.29) is 37.9 Å². The quantitative estimate of drug-likeness (QED) is 0.0219. The van der Waals surface area contributed by atoms with Gasteiger partial charge in [-0.15, -0.1) is 12.4 Å². The third kappa shape index (κ3) is 28.1. The highest BCUT2D eigenvalue weighted by Gasteiger charge is 2.34. The number of carbonyl (C=O) groups excluding carboxylic acids is 3. The van der Waals surface area contributed by atoms with Gasteiger partial charge in [0.2, 0.25) is 17.6 Å². The van der Waals surface area contributed by atoms with Crippen LogP contribution in [-0.4, -0.2) is 233 Å². The van der Waals surface area contributed by atoms with Crippen molar-refractivity contribution in [2.24, 2.45) is 0 Å². The van der Waals surface area contributed by atoms with Crippen LogP contribution in [0.1, 0.15) is 57.4 Å². The van der Waals surface area contributed by atoms with Gasteiger partial charge in [-0.3, -0.25) is 24.6 Å². The van der Waals surface area contributed by atoms with E-state index in [0.717, 1.165) is 200 Å². The topological polar surface area (TPSA) is 293 Å². The zero-order valence-electron chi connectivity index (χ0n) is 85.0. The number of carbonyl (C=O) groups is 3. The summed E-state index contributed by atoms with van der Waals surface area (Å²) in [4.78, 5) is 72.3. The van der Waals surface area contributed by atoms with Crippen LogP contribution in [0, 0.1) is 0 Å². The Morgan fingerprint density at radius 3 is 1.05 bits per heavy atom. The van der Waals surface area contributed by atoms with Gasteiger partial charge in [-0.05, 0) is 172 Å². The molecule has 147 heavy (non-hydrogen) atoms. The molecule has 5 aliphatic rings. The molecule has 0 unspecified atom stereocenters. The average Bonchev–Trinajstić information content (AvgIpc) is 1.61. The number of pyridine rings is 6. The molecule has 2 aliphatic carbocycles. The Balaban J connectivity index is 0.000000147. The minimum absolute atomic E-state index is 0. The molecule has 29 nitrogen and oxygen atoms in total. The fourth-order valence-electron chi connectivity index (χ4n) is 18.2. The molecule has 762 valence electrons. The zero-order valence-corrected chi connectivity index (χ0v) is 88.8. The molecule has 12 heterocycles. The number of nitrogens with zero attached hydrogens (tertiary/aromatic N) is 16. The van der Waals surface area contributed by atoms with Crippen LogP contribution < -0.4 is 24.8 Å². The minimum atomic E-state index is -1.14. The number of amides is 2. The van der Waals surface area contributed by atoms with Crippen molar-refractivity contribution in [3.63, 3.8) is 0 Å². The molecule has 3 fully saturated rings. The lowest BCUT2D eigenvalue weighted by molar-refractivity contribution is 0.0725.